The van der Waals surface area contributed by atoms with Gasteiger partial charge in [-0.3, -0.25) is 4.57 Å². The molecular weight excluding hydrogens is 290 g/mol. The number of nitrogens with zero attached hydrogens (tertiary/aromatic N) is 4. The van der Waals surface area contributed by atoms with E-state index in [-0.39, 0.29) is 11.7 Å². The summed E-state index contributed by atoms with van der Waals surface area (Å²) in [4.78, 5) is 20.3. The molecule has 0 aromatic carbocycles. The summed E-state index contributed by atoms with van der Waals surface area (Å²) >= 11 is 1.37. The predicted octanol–water partition coefficient (Wildman–Crippen LogP) is 1.09. The van der Waals surface area contributed by atoms with Crippen molar-refractivity contribution in [2.75, 3.05) is 5.43 Å². The number of H-pyrrole nitrogens is 1. The van der Waals surface area contributed by atoms with Crippen LogP contribution in [0, 0.1) is 0 Å². The van der Waals surface area contributed by atoms with E-state index in [4.69, 9.17) is 5.84 Å². The molecule has 1 aliphatic carbocycles. The van der Waals surface area contributed by atoms with Crippen LogP contribution in [-0.4, -0.2) is 24.7 Å². The van der Waals surface area contributed by atoms with Crippen molar-refractivity contribution in [1.29, 1.82) is 0 Å². The Labute approximate surface area is 125 Å². The molecule has 0 bridgehead atoms. The Morgan fingerprint density at radius 2 is 2.33 bits per heavy atom. The van der Waals surface area contributed by atoms with Crippen LogP contribution in [0.15, 0.2) is 21.3 Å². The highest BCUT2D eigenvalue weighted by Crippen LogP contribution is 2.38. The van der Waals surface area contributed by atoms with E-state index in [0.29, 0.717) is 11.0 Å². The number of hydrogen-bond acceptors (Lipinski definition) is 7. The summed E-state index contributed by atoms with van der Waals surface area (Å²) in [5.74, 6) is 6.12. The lowest BCUT2D eigenvalue weighted by molar-refractivity contribution is 0.641. The van der Waals surface area contributed by atoms with E-state index >= 15 is 0 Å². The van der Waals surface area contributed by atoms with Gasteiger partial charge in [0.05, 0.1) is 0 Å². The van der Waals surface area contributed by atoms with Crippen LogP contribution in [-0.2, 0) is 6.42 Å². The van der Waals surface area contributed by atoms with E-state index in [9.17, 15) is 4.79 Å². The molecule has 112 valence electrons. The molecule has 21 heavy (non-hydrogen) atoms. The van der Waals surface area contributed by atoms with Gasteiger partial charge >= 0.3 is 5.69 Å². The first-order chi connectivity index (χ1) is 10.2. The molecule has 9 heteroatoms. The standard InChI is InChI=1S/C12H17N7OS/c1-2-3-8-9(16-13)14-6-15-10(8)21-12-18-17-11(20)19(12)7-4-5-7/h6-7H,2-5,13H2,1H3,(H,17,20)(H,14,15,16). The molecule has 3 rings (SSSR count). The molecular formula is C12H17N7OS. The molecule has 0 radical (unpaired) electrons. The first-order valence-corrected chi connectivity index (χ1v) is 7.71. The monoisotopic (exact) mass is 307 g/mol. The van der Waals surface area contributed by atoms with Gasteiger partial charge in [0.1, 0.15) is 17.2 Å². The highest BCUT2D eigenvalue weighted by molar-refractivity contribution is 7.99. The number of aromatic amines is 1. The minimum Gasteiger partial charge on any atom is -0.308 e. The number of rotatable bonds is 6. The lowest BCUT2D eigenvalue weighted by Crippen LogP contribution is -2.16. The van der Waals surface area contributed by atoms with E-state index < -0.39 is 0 Å². The third-order valence-corrected chi connectivity index (χ3v) is 4.33. The van der Waals surface area contributed by atoms with Gasteiger partial charge in [0.25, 0.3) is 0 Å². The molecule has 2 aromatic rings. The number of hydrogen-bond donors (Lipinski definition) is 3. The molecule has 0 saturated heterocycles. The van der Waals surface area contributed by atoms with Crippen molar-refractivity contribution in [2.45, 2.75) is 48.8 Å². The maximum atomic E-state index is 11.8. The van der Waals surface area contributed by atoms with Crippen LogP contribution in [0.5, 0.6) is 0 Å². The summed E-state index contributed by atoms with van der Waals surface area (Å²) < 4.78 is 1.71. The van der Waals surface area contributed by atoms with Gasteiger partial charge in [-0.05, 0) is 31.0 Å². The quantitative estimate of drug-likeness (QED) is 0.415. The number of anilines is 1. The van der Waals surface area contributed by atoms with Crippen molar-refractivity contribution in [3.63, 3.8) is 0 Å². The highest BCUT2D eigenvalue weighted by atomic mass is 32.2. The van der Waals surface area contributed by atoms with Crippen LogP contribution in [0.25, 0.3) is 0 Å². The Balaban J connectivity index is 1.96. The molecule has 0 unspecified atom stereocenters. The molecule has 2 aromatic heterocycles. The zero-order valence-electron chi connectivity index (χ0n) is 11.7. The second-order valence-corrected chi connectivity index (χ2v) is 5.87. The average molecular weight is 307 g/mol. The van der Waals surface area contributed by atoms with Crippen LogP contribution in [0.2, 0.25) is 0 Å². The van der Waals surface area contributed by atoms with Gasteiger partial charge in [0.2, 0.25) is 0 Å². The van der Waals surface area contributed by atoms with E-state index in [1.165, 1.54) is 18.1 Å². The van der Waals surface area contributed by atoms with Crippen molar-refractivity contribution >= 4 is 17.6 Å². The largest absolute Gasteiger partial charge is 0.344 e. The van der Waals surface area contributed by atoms with Crippen molar-refractivity contribution in [1.82, 2.24) is 24.7 Å². The van der Waals surface area contributed by atoms with Crippen LogP contribution in [0.4, 0.5) is 5.82 Å². The smallest absolute Gasteiger partial charge is 0.308 e. The summed E-state index contributed by atoms with van der Waals surface area (Å²) in [5, 5.41) is 8.04. The summed E-state index contributed by atoms with van der Waals surface area (Å²) in [6, 6.07) is 0.266. The lowest BCUT2D eigenvalue weighted by Gasteiger charge is -2.11. The number of aromatic nitrogens is 5. The summed E-state index contributed by atoms with van der Waals surface area (Å²) in [6.07, 6.45) is 5.26. The van der Waals surface area contributed by atoms with Gasteiger partial charge in [0, 0.05) is 11.6 Å². The third-order valence-electron chi connectivity index (χ3n) is 3.31. The van der Waals surface area contributed by atoms with Crippen molar-refractivity contribution in [2.24, 2.45) is 5.84 Å². The maximum absolute atomic E-state index is 11.8. The fourth-order valence-corrected chi connectivity index (χ4v) is 3.20. The summed E-state index contributed by atoms with van der Waals surface area (Å²) in [6.45, 7) is 2.08. The third kappa shape index (κ3) is 2.79. The average Bonchev–Trinajstić information content (AvgIpc) is 3.25. The van der Waals surface area contributed by atoms with Crippen LogP contribution < -0.4 is 17.0 Å². The molecule has 1 fully saturated rings. The zero-order chi connectivity index (χ0) is 14.8. The Kier molecular flexibility index (Phi) is 3.93. The van der Waals surface area contributed by atoms with E-state index in [1.54, 1.807) is 4.57 Å². The molecule has 0 spiro atoms. The van der Waals surface area contributed by atoms with E-state index in [1.807, 2.05) is 0 Å². The first-order valence-electron chi connectivity index (χ1n) is 6.89. The molecule has 0 atom stereocenters. The fourth-order valence-electron chi connectivity index (χ4n) is 2.19. The molecule has 2 heterocycles. The van der Waals surface area contributed by atoms with Gasteiger partial charge in [-0.2, -0.15) is 0 Å². The molecule has 1 aliphatic rings. The van der Waals surface area contributed by atoms with Gasteiger partial charge < -0.3 is 5.43 Å². The van der Waals surface area contributed by atoms with Crippen LogP contribution in [0.3, 0.4) is 0 Å². The Morgan fingerprint density at radius 3 is 3.00 bits per heavy atom. The summed E-state index contributed by atoms with van der Waals surface area (Å²) in [7, 11) is 0. The molecule has 0 amide bonds. The predicted molar refractivity (Wildman–Crippen MR) is 79.1 cm³/mol. The second-order valence-electron chi connectivity index (χ2n) is 4.91. The maximum Gasteiger partial charge on any atom is 0.344 e. The molecule has 0 aliphatic heterocycles. The number of nitrogens with two attached hydrogens (primary N) is 1. The Hall–Kier alpha value is -1.87. The highest BCUT2D eigenvalue weighted by Gasteiger charge is 2.29. The fraction of sp³-hybridized carbons (Fsp3) is 0.500. The van der Waals surface area contributed by atoms with Gasteiger partial charge in [-0.25, -0.2) is 25.7 Å². The van der Waals surface area contributed by atoms with Gasteiger partial charge in [-0.15, -0.1) is 5.10 Å². The second kappa shape index (κ2) is 5.86. The Morgan fingerprint density at radius 1 is 1.52 bits per heavy atom. The van der Waals surface area contributed by atoms with Crippen LogP contribution in [0.1, 0.15) is 37.8 Å². The van der Waals surface area contributed by atoms with Crippen molar-refractivity contribution < 1.29 is 0 Å². The summed E-state index contributed by atoms with van der Waals surface area (Å²) in [5.41, 5.74) is 3.39. The lowest BCUT2D eigenvalue weighted by atomic mass is 10.2. The first kappa shape index (κ1) is 14.1. The van der Waals surface area contributed by atoms with Gasteiger partial charge in [0.15, 0.2) is 5.16 Å². The van der Waals surface area contributed by atoms with E-state index in [2.05, 4.69) is 32.5 Å². The molecule has 1 saturated carbocycles. The van der Waals surface area contributed by atoms with Crippen molar-refractivity contribution in [3.05, 3.63) is 22.4 Å². The molecule has 8 nitrogen and oxygen atoms in total. The SMILES string of the molecule is CCCc1c(NN)ncnc1Sc1n[nH]c(=O)n1C1CC1. The number of hydrazine groups is 1. The van der Waals surface area contributed by atoms with E-state index in [0.717, 1.165) is 36.3 Å². The topological polar surface area (TPSA) is 115 Å². The number of nitrogens with one attached hydrogen (secondary N) is 2. The molecule has 4 N–H and O–H groups in total. The minimum absolute atomic E-state index is 0.164. The minimum atomic E-state index is -0.164. The number of nitrogen functional groups attached to an aromatic ring is 1. The zero-order valence-corrected chi connectivity index (χ0v) is 12.5. The normalized spacial score (nSPS) is 14.4. The Bertz CT molecular complexity index is 691. The van der Waals surface area contributed by atoms with Crippen LogP contribution >= 0.6 is 11.8 Å². The van der Waals surface area contributed by atoms with Crippen molar-refractivity contribution in [3.8, 4) is 0 Å². The van der Waals surface area contributed by atoms with Gasteiger partial charge in [-0.1, -0.05) is 13.3 Å².